The highest BCUT2D eigenvalue weighted by Gasteiger charge is 2.32. The molecule has 5 nitrogen and oxygen atoms in total. The highest BCUT2D eigenvalue weighted by atomic mass is 16.5. The molecular weight excluding hydrogens is 398 g/mol. The van der Waals surface area contributed by atoms with E-state index in [0.717, 1.165) is 54.4 Å². The third-order valence-electron chi connectivity index (χ3n) is 6.13. The van der Waals surface area contributed by atoms with Gasteiger partial charge in [0.15, 0.2) is 0 Å². The van der Waals surface area contributed by atoms with Crippen molar-refractivity contribution in [1.29, 1.82) is 0 Å². The Morgan fingerprint density at radius 3 is 2.47 bits per heavy atom. The number of hydrogen-bond acceptors (Lipinski definition) is 4. The summed E-state index contributed by atoms with van der Waals surface area (Å²) in [6.45, 7) is 7.72. The summed E-state index contributed by atoms with van der Waals surface area (Å²) in [4.78, 5) is 2.42. The summed E-state index contributed by atoms with van der Waals surface area (Å²) in [5.74, 6) is 1.56. The number of ether oxygens (including phenoxy) is 1. The zero-order valence-corrected chi connectivity index (χ0v) is 19.5. The Labute approximate surface area is 191 Å². The minimum atomic E-state index is -0.290. The summed E-state index contributed by atoms with van der Waals surface area (Å²) >= 11 is 0. The molecule has 2 aromatic carbocycles. The first kappa shape index (κ1) is 22.6. The van der Waals surface area contributed by atoms with E-state index in [-0.39, 0.29) is 6.10 Å². The number of nitrogens with zero attached hydrogens (tertiary/aromatic N) is 3. The minimum absolute atomic E-state index is 0.290. The molecule has 0 amide bonds. The molecule has 1 aliphatic rings. The van der Waals surface area contributed by atoms with E-state index in [9.17, 15) is 5.11 Å². The van der Waals surface area contributed by atoms with Crippen molar-refractivity contribution < 1.29 is 9.84 Å². The maximum Gasteiger partial charge on any atom is 0.227 e. The average molecular weight is 434 g/mol. The Kier molecular flexibility index (Phi) is 7.28. The fraction of sp³-hybridized carbons (Fsp3) is 0.444. The first-order chi connectivity index (χ1) is 15.5. The van der Waals surface area contributed by atoms with Gasteiger partial charge in [-0.15, -0.1) is 0 Å². The van der Waals surface area contributed by atoms with Crippen LogP contribution in [0, 0.1) is 13.8 Å². The van der Waals surface area contributed by atoms with Crippen molar-refractivity contribution in [2.24, 2.45) is 0 Å². The van der Waals surface area contributed by atoms with Crippen molar-refractivity contribution in [2.45, 2.75) is 71.6 Å². The second-order valence-electron chi connectivity index (χ2n) is 8.99. The highest BCUT2D eigenvalue weighted by Crippen LogP contribution is 2.35. The number of aryl methyl sites for hydroxylation is 2. The minimum Gasteiger partial charge on any atom is -0.439 e. The summed E-state index contributed by atoms with van der Waals surface area (Å²) in [6, 6.07) is 18.8. The van der Waals surface area contributed by atoms with E-state index >= 15 is 0 Å². The number of aliphatic hydroxyl groups is 1. The van der Waals surface area contributed by atoms with Gasteiger partial charge in [-0.1, -0.05) is 55.7 Å². The molecule has 0 unspecified atom stereocenters. The van der Waals surface area contributed by atoms with Crippen LogP contribution >= 0.6 is 0 Å². The number of para-hydroxylation sites is 1. The largest absolute Gasteiger partial charge is 0.439 e. The van der Waals surface area contributed by atoms with Crippen LogP contribution in [0.1, 0.15) is 55.8 Å². The molecule has 1 atom stereocenters. The molecule has 5 heteroatoms. The molecule has 32 heavy (non-hydrogen) atoms. The van der Waals surface area contributed by atoms with Crippen LogP contribution in [0.3, 0.4) is 0 Å². The molecule has 0 bridgehead atoms. The van der Waals surface area contributed by atoms with Crippen molar-refractivity contribution in [3.8, 4) is 17.3 Å². The summed E-state index contributed by atoms with van der Waals surface area (Å²) in [5.41, 5.74) is 4.23. The molecular formula is C27H35N3O2. The lowest BCUT2D eigenvalue weighted by Gasteiger charge is -2.25. The summed E-state index contributed by atoms with van der Waals surface area (Å²) in [6.07, 6.45) is 5.13. The van der Waals surface area contributed by atoms with Gasteiger partial charge in [0.05, 0.1) is 23.0 Å². The lowest BCUT2D eigenvalue weighted by molar-refractivity contribution is 0.0949. The standard InChI is InChI=1S/C27H35N3O2/c1-4-5-11-24(31)18-29(22-14-15-22)19-26-21(3)28-30(23-9-7-6-8-10-23)27(26)32-25-16-12-20(2)13-17-25/h6-10,12-13,16-17,22,24,31H,4-5,11,14-15,18-19H2,1-3H3/t24-/m1/s1. The zero-order chi connectivity index (χ0) is 22.5. The molecule has 4 rings (SSSR count). The van der Waals surface area contributed by atoms with Gasteiger partial charge in [0.2, 0.25) is 5.88 Å². The summed E-state index contributed by atoms with van der Waals surface area (Å²) < 4.78 is 8.36. The van der Waals surface area contributed by atoms with Crippen molar-refractivity contribution in [3.05, 3.63) is 71.4 Å². The fourth-order valence-electron chi connectivity index (χ4n) is 4.07. The van der Waals surface area contributed by atoms with Crippen LogP contribution < -0.4 is 4.74 Å². The molecule has 0 saturated heterocycles. The summed E-state index contributed by atoms with van der Waals surface area (Å²) in [5, 5.41) is 15.5. The molecule has 3 aromatic rings. The van der Waals surface area contributed by atoms with E-state index in [1.807, 2.05) is 47.1 Å². The Hall–Kier alpha value is -2.63. The van der Waals surface area contributed by atoms with Crippen LogP contribution in [0.2, 0.25) is 0 Å². The third-order valence-corrected chi connectivity index (χ3v) is 6.13. The zero-order valence-electron chi connectivity index (χ0n) is 19.5. The maximum absolute atomic E-state index is 10.6. The fourth-order valence-corrected chi connectivity index (χ4v) is 4.07. The van der Waals surface area contributed by atoms with Crippen molar-refractivity contribution in [3.63, 3.8) is 0 Å². The van der Waals surface area contributed by atoms with Gasteiger partial charge in [-0.3, -0.25) is 4.90 Å². The highest BCUT2D eigenvalue weighted by molar-refractivity contribution is 5.43. The van der Waals surface area contributed by atoms with Crippen LogP contribution in [-0.2, 0) is 6.54 Å². The molecule has 1 aromatic heterocycles. The van der Waals surface area contributed by atoms with E-state index < -0.39 is 0 Å². The molecule has 1 fully saturated rings. The topological polar surface area (TPSA) is 50.5 Å². The van der Waals surface area contributed by atoms with Crippen LogP contribution in [-0.4, -0.2) is 38.5 Å². The quantitative estimate of drug-likeness (QED) is 0.415. The van der Waals surface area contributed by atoms with Crippen molar-refractivity contribution >= 4 is 0 Å². The van der Waals surface area contributed by atoms with Crippen molar-refractivity contribution in [1.82, 2.24) is 14.7 Å². The number of aromatic nitrogens is 2. The first-order valence-corrected chi connectivity index (χ1v) is 11.9. The molecule has 170 valence electrons. The molecule has 1 aliphatic carbocycles. The number of unbranched alkanes of at least 4 members (excludes halogenated alkanes) is 1. The number of benzene rings is 2. The van der Waals surface area contributed by atoms with Gasteiger partial charge < -0.3 is 9.84 Å². The number of rotatable bonds is 11. The predicted octanol–water partition coefficient (Wildman–Crippen LogP) is 5.80. The SMILES string of the molecule is CCCC[C@@H](O)CN(Cc1c(C)nn(-c2ccccc2)c1Oc1ccc(C)cc1)C1CC1. The van der Waals surface area contributed by atoms with E-state index in [0.29, 0.717) is 12.6 Å². The van der Waals surface area contributed by atoms with Gasteiger partial charge >= 0.3 is 0 Å². The summed E-state index contributed by atoms with van der Waals surface area (Å²) in [7, 11) is 0. The second kappa shape index (κ2) is 10.3. The molecule has 0 aliphatic heterocycles. The van der Waals surface area contributed by atoms with E-state index in [1.54, 1.807) is 0 Å². The molecule has 1 heterocycles. The second-order valence-corrected chi connectivity index (χ2v) is 8.99. The van der Waals surface area contributed by atoms with Gasteiger partial charge in [-0.25, -0.2) is 4.68 Å². The lowest BCUT2D eigenvalue weighted by Crippen LogP contribution is -2.34. The van der Waals surface area contributed by atoms with Gasteiger partial charge in [0, 0.05) is 19.1 Å². The van der Waals surface area contributed by atoms with Crippen LogP contribution in [0.25, 0.3) is 5.69 Å². The Balaban J connectivity index is 1.65. The normalized spacial score (nSPS) is 14.7. The number of aliphatic hydroxyl groups excluding tert-OH is 1. The van der Waals surface area contributed by atoms with E-state index in [4.69, 9.17) is 9.84 Å². The number of hydrogen-bond donors (Lipinski definition) is 1. The van der Waals surface area contributed by atoms with E-state index in [2.05, 4.69) is 37.8 Å². The smallest absolute Gasteiger partial charge is 0.227 e. The maximum atomic E-state index is 10.6. The van der Waals surface area contributed by atoms with Gasteiger partial charge in [-0.2, -0.15) is 5.10 Å². The third kappa shape index (κ3) is 5.59. The van der Waals surface area contributed by atoms with Gasteiger partial charge in [-0.05, 0) is 57.4 Å². The molecule has 1 saturated carbocycles. The molecule has 0 spiro atoms. The van der Waals surface area contributed by atoms with Crippen molar-refractivity contribution in [2.75, 3.05) is 6.54 Å². The molecule has 1 N–H and O–H groups in total. The average Bonchev–Trinajstić information content (AvgIpc) is 3.60. The van der Waals surface area contributed by atoms with Crippen LogP contribution in [0.4, 0.5) is 0 Å². The van der Waals surface area contributed by atoms with E-state index in [1.165, 1.54) is 18.4 Å². The Bertz CT molecular complexity index is 994. The Morgan fingerprint density at radius 2 is 1.81 bits per heavy atom. The molecule has 0 radical (unpaired) electrons. The monoisotopic (exact) mass is 433 g/mol. The van der Waals surface area contributed by atoms with Crippen LogP contribution in [0.5, 0.6) is 11.6 Å². The van der Waals surface area contributed by atoms with Crippen LogP contribution in [0.15, 0.2) is 54.6 Å². The Morgan fingerprint density at radius 1 is 1.09 bits per heavy atom. The van der Waals surface area contributed by atoms with Gasteiger partial charge in [0.25, 0.3) is 0 Å². The van der Waals surface area contributed by atoms with Gasteiger partial charge in [0.1, 0.15) is 5.75 Å². The predicted molar refractivity (Wildman–Crippen MR) is 129 cm³/mol. The first-order valence-electron chi connectivity index (χ1n) is 11.9. The lowest BCUT2D eigenvalue weighted by atomic mass is 10.1.